The van der Waals surface area contributed by atoms with Crippen molar-refractivity contribution < 1.29 is 14.3 Å². The molecule has 0 radical (unpaired) electrons. The van der Waals surface area contributed by atoms with Crippen LogP contribution in [0.2, 0.25) is 0 Å². The van der Waals surface area contributed by atoms with Crippen LogP contribution in [-0.2, 0) is 6.42 Å². The first-order valence-corrected chi connectivity index (χ1v) is 6.73. The van der Waals surface area contributed by atoms with Crippen molar-refractivity contribution in [1.82, 2.24) is 10.2 Å². The minimum absolute atomic E-state index is 0.0120. The van der Waals surface area contributed by atoms with Gasteiger partial charge >= 0.3 is 0 Å². The molecule has 0 atom stereocenters. The second kappa shape index (κ2) is 5.53. The third kappa shape index (κ3) is 2.76. The first kappa shape index (κ1) is 14.4. The van der Waals surface area contributed by atoms with Crippen molar-refractivity contribution in [2.24, 2.45) is 0 Å². The Kier molecular flexibility index (Phi) is 3.97. The van der Waals surface area contributed by atoms with Crippen LogP contribution >= 0.6 is 0 Å². The van der Waals surface area contributed by atoms with Crippen LogP contribution in [-0.4, -0.2) is 43.5 Å². The number of hydrogen-bond donors (Lipinski definition) is 1. The zero-order chi connectivity index (χ0) is 14.9. The van der Waals surface area contributed by atoms with E-state index in [1.165, 1.54) is 4.90 Å². The van der Waals surface area contributed by atoms with Gasteiger partial charge in [-0.25, -0.2) is 0 Å². The summed E-state index contributed by atoms with van der Waals surface area (Å²) in [6.07, 6.45) is 0.653. The average Bonchev–Trinajstić information content (AvgIpc) is 2.37. The average molecular weight is 276 g/mol. The molecule has 0 spiro atoms. The molecule has 1 aliphatic rings. The molecule has 2 amide bonds. The van der Waals surface area contributed by atoms with Crippen LogP contribution in [0, 0.1) is 0 Å². The molecule has 0 unspecified atom stereocenters. The van der Waals surface area contributed by atoms with E-state index in [2.05, 4.69) is 5.32 Å². The molecule has 1 N–H and O–H groups in total. The lowest BCUT2D eigenvalue weighted by atomic mass is 9.93. The van der Waals surface area contributed by atoms with Crippen LogP contribution in [0.4, 0.5) is 0 Å². The monoisotopic (exact) mass is 276 g/mol. The Bertz CT molecular complexity index is 550. The van der Waals surface area contributed by atoms with Gasteiger partial charge in [0.25, 0.3) is 11.8 Å². The van der Waals surface area contributed by atoms with Crippen molar-refractivity contribution in [1.29, 1.82) is 0 Å². The van der Waals surface area contributed by atoms with E-state index >= 15 is 0 Å². The highest BCUT2D eigenvalue weighted by Gasteiger charge is 2.25. The molecule has 5 heteroatoms. The predicted octanol–water partition coefficient (Wildman–Crippen LogP) is 1.46. The summed E-state index contributed by atoms with van der Waals surface area (Å²) in [5, 5.41) is 2.79. The van der Waals surface area contributed by atoms with Gasteiger partial charge in [0.1, 0.15) is 5.75 Å². The molecular formula is C15H20N2O3. The number of amides is 2. The number of nitrogens with zero attached hydrogens (tertiary/aromatic N) is 1. The lowest BCUT2D eigenvalue weighted by Gasteiger charge is -2.23. The van der Waals surface area contributed by atoms with Crippen molar-refractivity contribution in [3.63, 3.8) is 0 Å². The Morgan fingerprint density at radius 3 is 2.65 bits per heavy atom. The summed E-state index contributed by atoms with van der Waals surface area (Å²) in [6.45, 7) is 4.38. The molecule has 1 heterocycles. The third-order valence-corrected chi connectivity index (χ3v) is 3.14. The van der Waals surface area contributed by atoms with Gasteiger partial charge < -0.3 is 15.0 Å². The number of rotatable bonds is 3. The molecule has 1 aromatic carbocycles. The Morgan fingerprint density at radius 2 is 2.05 bits per heavy atom. The number of nitrogens with one attached hydrogen (secondary N) is 1. The van der Waals surface area contributed by atoms with Gasteiger partial charge in [-0.05, 0) is 38.0 Å². The van der Waals surface area contributed by atoms with Crippen molar-refractivity contribution in [3.8, 4) is 5.75 Å². The SMILES string of the molecule is CC(C)Oc1cc2c(c(C(=O)N(C)C)c1)CCNC2=O. The van der Waals surface area contributed by atoms with E-state index in [-0.39, 0.29) is 17.9 Å². The first-order chi connectivity index (χ1) is 9.40. The summed E-state index contributed by atoms with van der Waals surface area (Å²) >= 11 is 0. The van der Waals surface area contributed by atoms with Crippen LogP contribution < -0.4 is 10.1 Å². The Hall–Kier alpha value is -2.04. The maximum atomic E-state index is 12.3. The van der Waals surface area contributed by atoms with Gasteiger partial charge in [-0.1, -0.05) is 0 Å². The molecule has 108 valence electrons. The van der Waals surface area contributed by atoms with E-state index in [9.17, 15) is 9.59 Å². The molecule has 0 bridgehead atoms. The second-order valence-electron chi connectivity index (χ2n) is 5.37. The predicted molar refractivity (Wildman–Crippen MR) is 76.3 cm³/mol. The minimum Gasteiger partial charge on any atom is -0.491 e. The number of carbonyl (C=O) groups excluding carboxylic acids is 2. The van der Waals surface area contributed by atoms with Gasteiger partial charge in [-0.2, -0.15) is 0 Å². The fraction of sp³-hybridized carbons (Fsp3) is 0.467. The van der Waals surface area contributed by atoms with Crippen LogP contribution in [0.3, 0.4) is 0 Å². The molecule has 5 nitrogen and oxygen atoms in total. The van der Waals surface area contributed by atoms with Crippen molar-refractivity contribution >= 4 is 11.8 Å². The highest BCUT2D eigenvalue weighted by atomic mass is 16.5. The van der Waals surface area contributed by atoms with Crippen LogP contribution in [0.1, 0.15) is 40.1 Å². The van der Waals surface area contributed by atoms with Crippen molar-refractivity contribution in [2.75, 3.05) is 20.6 Å². The summed E-state index contributed by atoms with van der Waals surface area (Å²) in [7, 11) is 3.40. The summed E-state index contributed by atoms with van der Waals surface area (Å²) in [4.78, 5) is 25.8. The fourth-order valence-electron chi connectivity index (χ4n) is 2.29. The number of fused-ring (bicyclic) bond motifs is 1. The van der Waals surface area contributed by atoms with E-state index in [0.717, 1.165) is 5.56 Å². The first-order valence-electron chi connectivity index (χ1n) is 6.73. The molecule has 0 aliphatic carbocycles. The molecule has 2 rings (SSSR count). The molecule has 1 aliphatic heterocycles. The fourth-order valence-corrected chi connectivity index (χ4v) is 2.29. The quantitative estimate of drug-likeness (QED) is 0.909. The lowest BCUT2D eigenvalue weighted by Crippen LogP contribution is -2.34. The van der Waals surface area contributed by atoms with Gasteiger partial charge in [-0.15, -0.1) is 0 Å². The maximum Gasteiger partial charge on any atom is 0.253 e. The summed E-state index contributed by atoms with van der Waals surface area (Å²) in [6, 6.07) is 3.45. The van der Waals surface area contributed by atoms with Gasteiger partial charge in [0, 0.05) is 31.8 Å². The zero-order valence-electron chi connectivity index (χ0n) is 12.3. The Labute approximate surface area is 118 Å². The van der Waals surface area contributed by atoms with Crippen molar-refractivity contribution in [3.05, 3.63) is 28.8 Å². The number of hydrogen-bond acceptors (Lipinski definition) is 3. The number of benzene rings is 1. The Balaban J connectivity index is 2.55. The topological polar surface area (TPSA) is 58.6 Å². The smallest absolute Gasteiger partial charge is 0.253 e. The van der Waals surface area contributed by atoms with Crippen molar-refractivity contribution in [2.45, 2.75) is 26.4 Å². The lowest BCUT2D eigenvalue weighted by molar-refractivity contribution is 0.0825. The van der Waals surface area contributed by atoms with Crippen LogP contribution in [0.15, 0.2) is 12.1 Å². The van der Waals surface area contributed by atoms with E-state index < -0.39 is 0 Å². The molecule has 0 saturated heterocycles. The second-order valence-corrected chi connectivity index (χ2v) is 5.37. The number of carbonyl (C=O) groups is 2. The third-order valence-electron chi connectivity index (χ3n) is 3.14. The van der Waals surface area contributed by atoms with Gasteiger partial charge in [0.2, 0.25) is 0 Å². The Morgan fingerprint density at radius 1 is 1.35 bits per heavy atom. The zero-order valence-corrected chi connectivity index (χ0v) is 12.3. The maximum absolute atomic E-state index is 12.3. The molecule has 0 fully saturated rings. The van der Waals surface area contributed by atoms with Crippen LogP contribution in [0.25, 0.3) is 0 Å². The highest BCUT2D eigenvalue weighted by Crippen LogP contribution is 2.27. The summed E-state index contributed by atoms with van der Waals surface area (Å²) < 4.78 is 5.65. The largest absolute Gasteiger partial charge is 0.491 e. The molecule has 0 saturated carbocycles. The standard InChI is InChI=1S/C15H20N2O3/c1-9(2)20-10-7-12-11(5-6-16-14(12)18)13(8-10)15(19)17(3)4/h7-9H,5-6H2,1-4H3,(H,16,18). The molecule has 0 aromatic heterocycles. The van der Waals surface area contributed by atoms with Gasteiger partial charge in [0.15, 0.2) is 0 Å². The molecular weight excluding hydrogens is 256 g/mol. The summed E-state index contributed by atoms with van der Waals surface area (Å²) in [5.41, 5.74) is 1.90. The normalized spacial score (nSPS) is 13.8. The number of ether oxygens (including phenoxy) is 1. The summed E-state index contributed by atoms with van der Waals surface area (Å²) in [5.74, 6) is 0.305. The minimum atomic E-state index is -0.145. The highest BCUT2D eigenvalue weighted by molar-refractivity contribution is 6.03. The van der Waals surface area contributed by atoms with E-state index in [4.69, 9.17) is 4.74 Å². The van der Waals surface area contributed by atoms with Gasteiger partial charge in [-0.3, -0.25) is 9.59 Å². The van der Waals surface area contributed by atoms with E-state index in [1.807, 2.05) is 13.8 Å². The van der Waals surface area contributed by atoms with E-state index in [1.54, 1.807) is 26.2 Å². The van der Waals surface area contributed by atoms with Crippen LogP contribution in [0.5, 0.6) is 5.75 Å². The van der Waals surface area contributed by atoms with Gasteiger partial charge in [0.05, 0.1) is 6.10 Å². The van der Waals surface area contributed by atoms with E-state index in [0.29, 0.717) is 29.8 Å². The molecule has 20 heavy (non-hydrogen) atoms. The molecule has 1 aromatic rings.